The summed E-state index contributed by atoms with van der Waals surface area (Å²) in [5.41, 5.74) is 5.88. The number of amides is 1. The molecular formula is C15H23FN4O4S. The van der Waals surface area contributed by atoms with Crippen LogP contribution in [0, 0.1) is 0 Å². The largest absolute Gasteiger partial charge is 0.481 e. The minimum Gasteiger partial charge on any atom is -0.481 e. The maximum absolute atomic E-state index is 13.7. The van der Waals surface area contributed by atoms with Crippen molar-refractivity contribution < 1.29 is 22.3 Å². The summed E-state index contributed by atoms with van der Waals surface area (Å²) in [6.45, 7) is 0.175. The van der Waals surface area contributed by atoms with E-state index in [9.17, 15) is 17.6 Å². The van der Waals surface area contributed by atoms with Crippen molar-refractivity contribution in [2.45, 2.75) is 25.2 Å². The Morgan fingerprint density at radius 1 is 1.52 bits per heavy atom. The maximum atomic E-state index is 13.7. The molecule has 1 aliphatic heterocycles. The summed E-state index contributed by atoms with van der Waals surface area (Å²) in [4.78, 5) is 16.8. The highest BCUT2D eigenvalue weighted by atomic mass is 32.2. The lowest BCUT2D eigenvalue weighted by Crippen LogP contribution is -2.45. The standard InChI is InChI=1S/C15H23FN4O4S/c1-24-15-4-3-11(6-18-15)7-20(25(2,22)23)9-13-5-12(16)8-19(13)10-14(17)21/h3-4,6,12-13H,5,7-10H2,1-2H3,(H2,17,21)/t12-,13-/m0/s1. The van der Waals surface area contributed by atoms with Crippen molar-refractivity contribution in [3.8, 4) is 5.88 Å². The first-order valence-electron chi connectivity index (χ1n) is 7.79. The van der Waals surface area contributed by atoms with Crippen molar-refractivity contribution in [2.24, 2.45) is 5.73 Å². The lowest BCUT2D eigenvalue weighted by Gasteiger charge is -2.28. The molecule has 0 aliphatic carbocycles. The van der Waals surface area contributed by atoms with Gasteiger partial charge in [-0.15, -0.1) is 0 Å². The van der Waals surface area contributed by atoms with Gasteiger partial charge in [0.2, 0.25) is 21.8 Å². The fourth-order valence-electron chi connectivity index (χ4n) is 2.89. The molecule has 25 heavy (non-hydrogen) atoms. The van der Waals surface area contributed by atoms with Crippen LogP contribution in [0.3, 0.4) is 0 Å². The number of alkyl halides is 1. The molecule has 2 N–H and O–H groups in total. The molecule has 10 heteroatoms. The summed E-state index contributed by atoms with van der Waals surface area (Å²) >= 11 is 0. The topological polar surface area (TPSA) is 106 Å². The third-order valence-corrected chi connectivity index (χ3v) is 5.30. The number of ether oxygens (including phenoxy) is 1. The molecular weight excluding hydrogens is 351 g/mol. The number of sulfonamides is 1. The van der Waals surface area contributed by atoms with Crippen molar-refractivity contribution in [3.05, 3.63) is 23.9 Å². The average molecular weight is 374 g/mol. The number of likely N-dealkylation sites (tertiary alicyclic amines) is 1. The molecule has 2 atom stereocenters. The number of methoxy groups -OCH3 is 1. The molecule has 0 spiro atoms. The molecule has 1 saturated heterocycles. The van der Waals surface area contributed by atoms with Crippen LogP contribution in [0.1, 0.15) is 12.0 Å². The van der Waals surface area contributed by atoms with Crippen molar-refractivity contribution in [1.82, 2.24) is 14.2 Å². The molecule has 0 bridgehead atoms. The highest BCUT2D eigenvalue weighted by Crippen LogP contribution is 2.22. The van der Waals surface area contributed by atoms with Gasteiger partial charge in [0.15, 0.2) is 0 Å². The van der Waals surface area contributed by atoms with Gasteiger partial charge >= 0.3 is 0 Å². The number of halogens is 1. The van der Waals surface area contributed by atoms with Gasteiger partial charge < -0.3 is 10.5 Å². The van der Waals surface area contributed by atoms with Gasteiger partial charge in [0.25, 0.3) is 0 Å². The van der Waals surface area contributed by atoms with Crippen LogP contribution in [0.4, 0.5) is 4.39 Å². The zero-order chi connectivity index (χ0) is 18.6. The monoisotopic (exact) mass is 374 g/mol. The first-order valence-corrected chi connectivity index (χ1v) is 9.64. The molecule has 1 fully saturated rings. The fourth-order valence-corrected chi connectivity index (χ4v) is 3.71. The van der Waals surface area contributed by atoms with E-state index in [4.69, 9.17) is 10.5 Å². The molecule has 2 rings (SSSR count). The van der Waals surface area contributed by atoms with E-state index in [1.807, 2.05) is 0 Å². The Morgan fingerprint density at radius 3 is 2.76 bits per heavy atom. The number of carbonyl (C=O) groups excluding carboxylic acids is 1. The van der Waals surface area contributed by atoms with Crippen LogP contribution >= 0.6 is 0 Å². The number of nitrogens with two attached hydrogens (primary N) is 1. The zero-order valence-corrected chi connectivity index (χ0v) is 15.1. The average Bonchev–Trinajstić information content (AvgIpc) is 2.85. The third kappa shape index (κ3) is 5.62. The van der Waals surface area contributed by atoms with Gasteiger partial charge in [-0.3, -0.25) is 9.69 Å². The molecule has 0 saturated carbocycles. The molecule has 140 valence electrons. The van der Waals surface area contributed by atoms with E-state index in [-0.39, 0.29) is 32.6 Å². The first kappa shape index (κ1) is 19.5. The number of rotatable bonds is 8. The van der Waals surface area contributed by atoms with E-state index in [1.54, 1.807) is 17.0 Å². The van der Waals surface area contributed by atoms with Crippen LogP contribution in [-0.2, 0) is 21.4 Å². The minimum absolute atomic E-state index is 0.0787. The second-order valence-corrected chi connectivity index (χ2v) is 8.13. The normalized spacial score (nSPS) is 21.6. The Bertz CT molecular complexity index is 698. The van der Waals surface area contributed by atoms with Gasteiger partial charge in [0.1, 0.15) is 6.17 Å². The van der Waals surface area contributed by atoms with E-state index in [2.05, 4.69) is 4.98 Å². The summed E-state index contributed by atoms with van der Waals surface area (Å²) in [6.07, 6.45) is 1.70. The summed E-state index contributed by atoms with van der Waals surface area (Å²) in [5, 5.41) is 0. The molecule has 1 aromatic heterocycles. The minimum atomic E-state index is -3.53. The van der Waals surface area contributed by atoms with Crippen molar-refractivity contribution in [1.29, 1.82) is 0 Å². The quantitative estimate of drug-likeness (QED) is 0.673. The number of pyridine rings is 1. The molecule has 8 nitrogen and oxygen atoms in total. The zero-order valence-electron chi connectivity index (χ0n) is 14.3. The molecule has 0 unspecified atom stereocenters. The van der Waals surface area contributed by atoms with Gasteiger partial charge in [0, 0.05) is 37.9 Å². The van der Waals surface area contributed by atoms with Crippen molar-refractivity contribution in [2.75, 3.05) is 33.0 Å². The smallest absolute Gasteiger partial charge is 0.231 e. The number of hydrogen-bond acceptors (Lipinski definition) is 6. The molecule has 1 amide bonds. The third-order valence-electron chi connectivity index (χ3n) is 4.08. The Kier molecular flexibility index (Phi) is 6.31. The van der Waals surface area contributed by atoms with E-state index >= 15 is 0 Å². The van der Waals surface area contributed by atoms with Gasteiger partial charge in [-0.05, 0) is 12.0 Å². The molecule has 1 aromatic rings. The van der Waals surface area contributed by atoms with Gasteiger partial charge in [-0.2, -0.15) is 4.31 Å². The van der Waals surface area contributed by atoms with Gasteiger partial charge in [-0.25, -0.2) is 17.8 Å². The Labute approximate surface area is 146 Å². The van der Waals surface area contributed by atoms with E-state index < -0.39 is 28.1 Å². The highest BCUT2D eigenvalue weighted by Gasteiger charge is 2.35. The highest BCUT2D eigenvalue weighted by molar-refractivity contribution is 7.88. The van der Waals surface area contributed by atoms with Gasteiger partial charge in [0.05, 0.1) is 19.9 Å². The van der Waals surface area contributed by atoms with Crippen LogP contribution in [0.25, 0.3) is 0 Å². The predicted molar refractivity (Wildman–Crippen MR) is 90.1 cm³/mol. The Morgan fingerprint density at radius 2 is 2.24 bits per heavy atom. The number of nitrogens with zero attached hydrogens (tertiary/aromatic N) is 3. The molecule has 1 aliphatic rings. The second kappa shape index (κ2) is 8.07. The van der Waals surface area contributed by atoms with E-state index in [0.717, 1.165) is 6.26 Å². The number of primary amides is 1. The van der Waals surface area contributed by atoms with Crippen LogP contribution in [0.15, 0.2) is 18.3 Å². The van der Waals surface area contributed by atoms with Crippen molar-refractivity contribution >= 4 is 15.9 Å². The SMILES string of the molecule is COc1ccc(CN(C[C@@H]2C[C@H](F)CN2CC(N)=O)S(C)(=O)=O)cn1. The summed E-state index contributed by atoms with van der Waals surface area (Å²) in [5.74, 6) is -0.136. The van der Waals surface area contributed by atoms with Crippen molar-refractivity contribution in [3.63, 3.8) is 0 Å². The van der Waals surface area contributed by atoms with Crippen LogP contribution in [-0.4, -0.2) is 73.7 Å². The van der Waals surface area contributed by atoms with Gasteiger partial charge in [-0.1, -0.05) is 6.07 Å². The van der Waals surface area contributed by atoms with Crippen LogP contribution in [0.2, 0.25) is 0 Å². The first-order chi connectivity index (χ1) is 11.7. The second-order valence-electron chi connectivity index (χ2n) is 6.15. The Balaban J connectivity index is 2.13. The lowest BCUT2D eigenvalue weighted by atomic mass is 10.2. The predicted octanol–water partition coefficient (Wildman–Crippen LogP) is -0.250. The van der Waals surface area contributed by atoms with E-state index in [0.29, 0.717) is 11.4 Å². The maximum Gasteiger partial charge on any atom is 0.231 e. The lowest BCUT2D eigenvalue weighted by molar-refractivity contribution is -0.119. The van der Waals surface area contributed by atoms with Crippen LogP contribution < -0.4 is 10.5 Å². The van der Waals surface area contributed by atoms with E-state index in [1.165, 1.54) is 17.6 Å². The summed E-state index contributed by atoms with van der Waals surface area (Å²) < 4.78 is 44.2. The molecule has 2 heterocycles. The van der Waals surface area contributed by atoms with Crippen LogP contribution in [0.5, 0.6) is 5.88 Å². The Hall–Kier alpha value is -1.78. The summed E-state index contributed by atoms with van der Waals surface area (Å²) in [7, 11) is -2.03. The number of hydrogen-bond donors (Lipinski definition) is 1. The summed E-state index contributed by atoms with van der Waals surface area (Å²) in [6, 6.07) is 2.96. The molecule has 0 radical (unpaired) electrons. The molecule has 0 aromatic carbocycles. The number of aromatic nitrogens is 1. The fraction of sp³-hybridized carbons (Fsp3) is 0.600. The number of carbonyl (C=O) groups is 1.